The Morgan fingerprint density at radius 3 is 2.89 bits per heavy atom. The summed E-state index contributed by atoms with van der Waals surface area (Å²) in [4.78, 5) is 21.7. The molecule has 0 unspecified atom stereocenters. The van der Waals surface area contributed by atoms with E-state index in [1.165, 1.54) is 15.5 Å². The molecule has 0 atom stereocenters. The van der Waals surface area contributed by atoms with E-state index in [0.717, 1.165) is 12.8 Å². The van der Waals surface area contributed by atoms with Gasteiger partial charge < -0.3 is 9.73 Å². The van der Waals surface area contributed by atoms with Crippen LogP contribution in [-0.4, -0.2) is 24.5 Å². The maximum absolute atomic E-state index is 13.7. The summed E-state index contributed by atoms with van der Waals surface area (Å²) in [5.41, 5.74) is 1.25. The van der Waals surface area contributed by atoms with Gasteiger partial charge in [0.2, 0.25) is 5.71 Å². The summed E-state index contributed by atoms with van der Waals surface area (Å²) < 4.78 is 20.9. The smallest absolute Gasteiger partial charge is 0.267 e. The highest BCUT2D eigenvalue weighted by atomic mass is 127. The van der Waals surface area contributed by atoms with Crippen LogP contribution in [0.15, 0.2) is 28.9 Å². The minimum atomic E-state index is -0.515. The van der Waals surface area contributed by atoms with Crippen molar-refractivity contribution in [3.8, 4) is 0 Å². The van der Waals surface area contributed by atoms with E-state index >= 15 is 0 Å². The maximum Gasteiger partial charge on any atom is 0.267 e. The third kappa shape index (κ3) is 3.55. The Balaban J connectivity index is 1.70. The molecule has 2 aromatic heterocycles. The van der Waals surface area contributed by atoms with Crippen LogP contribution in [-0.2, 0) is 6.54 Å². The summed E-state index contributed by atoms with van der Waals surface area (Å²) in [6.07, 6.45) is 3.49. The van der Waals surface area contributed by atoms with E-state index in [1.54, 1.807) is 19.1 Å². The first-order valence-electron chi connectivity index (χ1n) is 8.72. The number of carbonyl (C=O) groups excluding carboxylic acids is 1. The maximum atomic E-state index is 13.7. The summed E-state index contributed by atoms with van der Waals surface area (Å²) in [5.74, 6) is 0.241. The van der Waals surface area contributed by atoms with Crippen LogP contribution in [0, 0.1) is 12.7 Å². The number of nitrogens with one attached hydrogen (secondary N) is 1. The SMILES string of the molecule is Cc1oc2ncnc(NC3(C)CC3)c2c1C(=O)N(I)Cc1cccc(F)c1Cl. The molecule has 4 rings (SSSR count). The number of halogens is 3. The summed E-state index contributed by atoms with van der Waals surface area (Å²) in [5, 5.41) is 3.97. The van der Waals surface area contributed by atoms with Crippen LogP contribution < -0.4 is 5.32 Å². The molecule has 1 amide bonds. The van der Waals surface area contributed by atoms with Gasteiger partial charge in [0, 0.05) is 5.54 Å². The highest BCUT2D eigenvalue weighted by Gasteiger charge is 2.38. The Labute approximate surface area is 180 Å². The Bertz CT molecular complexity index is 1080. The van der Waals surface area contributed by atoms with Crippen LogP contribution in [0.25, 0.3) is 11.1 Å². The quantitative estimate of drug-likeness (QED) is 0.371. The van der Waals surface area contributed by atoms with Gasteiger partial charge in [0.1, 0.15) is 23.7 Å². The number of anilines is 1. The predicted octanol–water partition coefficient (Wildman–Crippen LogP) is 5.28. The number of hydrogen-bond donors (Lipinski definition) is 1. The molecule has 1 N–H and O–H groups in total. The number of amides is 1. The summed E-state index contributed by atoms with van der Waals surface area (Å²) in [7, 11) is 0. The van der Waals surface area contributed by atoms with E-state index in [0.29, 0.717) is 33.8 Å². The number of aromatic nitrogens is 2. The zero-order valence-corrected chi connectivity index (χ0v) is 18.1. The second kappa shape index (κ2) is 7.14. The zero-order chi connectivity index (χ0) is 20.1. The van der Waals surface area contributed by atoms with Crippen LogP contribution in [0.2, 0.25) is 5.02 Å². The van der Waals surface area contributed by atoms with Gasteiger partial charge in [-0.25, -0.2) is 14.4 Å². The molecule has 1 aliphatic rings. The van der Waals surface area contributed by atoms with Crippen LogP contribution in [0.4, 0.5) is 10.2 Å². The van der Waals surface area contributed by atoms with Gasteiger partial charge in [0.15, 0.2) is 0 Å². The molecule has 0 saturated heterocycles. The molecule has 2 heterocycles. The third-order valence-electron chi connectivity index (χ3n) is 4.86. The van der Waals surface area contributed by atoms with Crippen LogP contribution in [0.1, 0.15) is 41.4 Å². The molecular formula is C19H17ClFIN4O2. The Morgan fingerprint density at radius 1 is 1.43 bits per heavy atom. The Morgan fingerprint density at radius 2 is 2.18 bits per heavy atom. The molecule has 3 aromatic rings. The van der Waals surface area contributed by atoms with E-state index in [-0.39, 0.29) is 23.0 Å². The van der Waals surface area contributed by atoms with Crippen molar-refractivity contribution in [3.63, 3.8) is 0 Å². The summed E-state index contributed by atoms with van der Waals surface area (Å²) in [6, 6.07) is 4.54. The van der Waals surface area contributed by atoms with Crippen LogP contribution in [0.3, 0.4) is 0 Å². The molecule has 0 spiro atoms. The molecule has 0 bridgehead atoms. The van der Waals surface area contributed by atoms with Crippen molar-refractivity contribution in [2.75, 3.05) is 5.32 Å². The largest absolute Gasteiger partial charge is 0.442 e. The van der Waals surface area contributed by atoms with Gasteiger partial charge in [0.05, 0.1) is 45.4 Å². The van der Waals surface area contributed by atoms with E-state index in [1.807, 2.05) is 22.9 Å². The Kier molecular flexibility index (Phi) is 4.95. The lowest BCUT2D eigenvalue weighted by molar-refractivity contribution is 0.0883. The Hall–Kier alpha value is -1.94. The van der Waals surface area contributed by atoms with Crippen molar-refractivity contribution in [1.82, 2.24) is 13.1 Å². The number of carbonyl (C=O) groups is 1. The molecule has 6 nitrogen and oxygen atoms in total. The average Bonchev–Trinajstić information content (AvgIpc) is 3.27. The van der Waals surface area contributed by atoms with E-state index in [4.69, 9.17) is 16.0 Å². The predicted molar refractivity (Wildman–Crippen MR) is 113 cm³/mol. The molecule has 1 saturated carbocycles. The number of fused-ring (bicyclic) bond motifs is 1. The second-order valence-electron chi connectivity index (χ2n) is 7.16. The molecule has 0 radical (unpaired) electrons. The van der Waals surface area contributed by atoms with Crippen LogP contribution >= 0.6 is 34.5 Å². The fourth-order valence-corrected chi connectivity index (χ4v) is 3.80. The van der Waals surface area contributed by atoms with Crippen molar-refractivity contribution in [1.29, 1.82) is 0 Å². The van der Waals surface area contributed by atoms with Crippen molar-refractivity contribution in [3.05, 3.63) is 52.3 Å². The first kappa shape index (κ1) is 19.4. The summed E-state index contributed by atoms with van der Waals surface area (Å²) >= 11 is 7.94. The van der Waals surface area contributed by atoms with Crippen molar-refractivity contribution in [2.45, 2.75) is 38.8 Å². The number of furan rings is 1. The highest BCUT2D eigenvalue weighted by Crippen LogP contribution is 2.40. The van der Waals surface area contributed by atoms with E-state index in [2.05, 4.69) is 22.2 Å². The monoisotopic (exact) mass is 514 g/mol. The first-order chi connectivity index (χ1) is 13.3. The summed E-state index contributed by atoms with van der Waals surface area (Å²) in [6.45, 7) is 3.97. The zero-order valence-electron chi connectivity index (χ0n) is 15.2. The van der Waals surface area contributed by atoms with Crippen molar-refractivity contribution < 1.29 is 13.6 Å². The molecule has 1 aliphatic carbocycles. The molecule has 28 heavy (non-hydrogen) atoms. The topological polar surface area (TPSA) is 71.3 Å². The number of aryl methyl sites for hydroxylation is 1. The molecular weight excluding hydrogens is 498 g/mol. The van der Waals surface area contributed by atoms with Crippen molar-refractivity contribution in [2.24, 2.45) is 0 Å². The normalized spacial score (nSPS) is 14.9. The minimum absolute atomic E-state index is 0.0121. The lowest BCUT2D eigenvalue weighted by atomic mass is 10.1. The number of rotatable bonds is 5. The fraction of sp³-hybridized carbons (Fsp3) is 0.316. The third-order valence-corrected chi connectivity index (χ3v) is 6.06. The van der Waals surface area contributed by atoms with Crippen molar-refractivity contribution >= 4 is 57.3 Å². The van der Waals surface area contributed by atoms with Gasteiger partial charge in [-0.15, -0.1) is 0 Å². The minimum Gasteiger partial charge on any atom is -0.442 e. The van der Waals surface area contributed by atoms with Gasteiger partial charge in [0.25, 0.3) is 5.91 Å². The molecule has 1 aromatic carbocycles. The highest BCUT2D eigenvalue weighted by molar-refractivity contribution is 14.1. The number of nitrogens with zero attached hydrogens (tertiary/aromatic N) is 3. The lowest BCUT2D eigenvalue weighted by Crippen LogP contribution is -2.22. The molecule has 1 fully saturated rings. The lowest BCUT2D eigenvalue weighted by Gasteiger charge is -2.17. The molecule has 0 aliphatic heterocycles. The number of benzene rings is 1. The fourth-order valence-electron chi connectivity index (χ4n) is 3.01. The first-order valence-corrected chi connectivity index (χ1v) is 10.1. The van der Waals surface area contributed by atoms with Gasteiger partial charge in [-0.1, -0.05) is 23.7 Å². The number of hydrogen-bond acceptors (Lipinski definition) is 5. The van der Waals surface area contributed by atoms with Gasteiger partial charge in [-0.05, 0) is 38.3 Å². The average molecular weight is 515 g/mol. The second-order valence-corrected chi connectivity index (χ2v) is 8.70. The van der Waals surface area contributed by atoms with Crippen LogP contribution in [0.5, 0.6) is 0 Å². The van der Waals surface area contributed by atoms with Gasteiger partial charge in [-0.2, -0.15) is 0 Å². The van der Waals surface area contributed by atoms with Gasteiger partial charge >= 0.3 is 0 Å². The standard InChI is InChI=1S/C19H17ClFIN4O2/c1-10-13(18(27)26(22)8-11-4-3-5-12(21)15(11)20)14-16(25-19(2)6-7-19)23-9-24-17(14)28-10/h3-5,9H,6-8H2,1-2H3,(H,23,24,25). The van der Waals surface area contributed by atoms with E-state index < -0.39 is 5.82 Å². The van der Waals surface area contributed by atoms with Gasteiger partial charge in [-0.3, -0.25) is 7.91 Å². The molecule has 146 valence electrons. The molecule has 9 heteroatoms. The van der Waals surface area contributed by atoms with E-state index in [9.17, 15) is 9.18 Å².